The molecule has 3 aromatic rings. The number of carbonyl (C=O) groups is 2. The highest BCUT2D eigenvalue weighted by atomic mass is 16.5. The number of morpholine rings is 1. The Hall–Kier alpha value is -3.36. The van der Waals surface area contributed by atoms with Crippen LogP contribution in [0.3, 0.4) is 0 Å². The number of methoxy groups -OCH3 is 1. The van der Waals surface area contributed by atoms with E-state index in [1.807, 2.05) is 60.7 Å². The highest BCUT2D eigenvalue weighted by molar-refractivity contribution is 6.43. The monoisotopic (exact) mass is 578 g/mol. The molecule has 1 aliphatic heterocycles. The summed E-state index contributed by atoms with van der Waals surface area (Å²) in [5, 5.41) is 36.7. The molecule has 0 saturated carbocycles. The SMILES string of the molecule is COCCC[C@H](NC(=O)c1cccn1C(=O)[C@H](N[C@H](O)N1CCOCC1)C(c1ccccc1)c1ccccc1)B(O)O. The third-order valence-corrected chi connectivity index (χ3v) is 7.40. The maximum atomic E-state index is 14.4. The van der Waals surface area contributed by atoms with Crippen LogP contribution in [0.5, 0.6) is 0 Å². The van der Waals surface area contributed by atoms with Crippen LogP contribution >= 0.6 is 0 Å². The molecule has 1 aromatic heterocycles. The van der Waals surface area contributed by atoms with Crippen LogP contribution < -0.4 is 10.6 Å². The first-order valence-electron chi connectivity index (χ1n) is 14.1. The minimum absolute atomic E-state index is 0.0323. The molecule has 42 heavy (non-hydrogen) atoms. The molecule has 4 rings (SSSR count). The number of hydrogen-bond donors (Lipinski definition) is 5. The molecule has 1 amide bonds. The highest BCUT2D eigenvalue weighted by Gasteiger charge is 2.36. The molecule has 12 heteroatoms. The summed E-state index contributed by atoms with van der Waals surface area (Å²) in [6.07, 6.45) is 1.11. The fourth-order valence-corrected chi connectivity index (χ4v) is 5.19. The van der Waals surface area contributed by atoms with E-state index in [-0.39, 0.29) is 12.1 Å². The molecule has 2 aromatic carbocycles. The van der Waals surface area contributed by atoms with Gasteiger partial charge in [-0.15, -0.1) is 0 Å². The lowest BCUT2D eigenvalue weighted by atomic mass is 9.76. The quantitative estimate of drug-likeness (QED) is 0.108. The van der Waals surface area contributed by atoms with E-state index in [0.29, 0.717) is 39.3 Å². The number of aliphatic hydroxyl groups is 1. The lowest BCUT2D eigenvalue weighted by Gasteiger charge is -2.36. The average molecular weight is 578 g/mol. The number of hydrogen-bond acceptors (Lipinski definition) is 9. The smallest absolute Gasteiger partial charge is 0.426 e. The van der Waals surface area contributed by atoms with Gasteiger partial charge in [-0.2, -0.15) is 0 Å². The summed E-state index contributed by atoms with van der Waals surface area (Å²) in [5.74, 6) is -2.57. The summed E-state index contributed by atoms with van der Waals surface area (Å²) >= 11 is 0. The molecular formula is C30H39BN4O7. The van der Waals surface area contributed by atoms with Crippen molar-refractivity contribution in [2.45, 2.75) is 37.1 Å². The summed E-state index contributed by atoms with van der Waals surface area (Å²) in [6.45, 7) is 2.29. The molecular weight excluding hydrogens is 539 g/mol. The van der Waals surface area contributed by atoms with Crippen LogP contribution in [-0.2, 0) is 9.47 Å². The fourth-order valence-electron chi connectivity index (χ4n) is 5.19. The van der Waals surface area contributed by atoms with Crippen molar-refractivity contribution < 1.29 is 34.2 Å². The Kier molecular flexibility index (Phi) is 11.8. The molecule has 1 aliphatic rings. The topological polar surface area (TPSA) is 146 Å². The van der Waals surface area contributed by atoms with Crippen LogP contribution in [0.15, 0.2) is 79.0 Å². The summed E-state index contributed by atoms with van der Waals surface area (Å²) in [7, 11) is -0.247. The molecule has 1 saturated heterocycles. The summed E-state index contributed by atoms with van der Waals surface area (Å²) in [4.78, 5) is 29.6. The van der Waals surface area contributed by atoms with Gasteiger partial charge in [0, 0.05) is 38.9 Å². The fraction of sp³-hybridized carbons (Fsp3) is 0.400. The van der Waals surface area contributed by atoms with Crippen LogP contribution in [0.4, 0.5) is 0 Å². The first kappa shape index (κ1) is 31.6. The molecule has 0 unspecified atom stereocenters. The Morgan fingerprint density at radius 1 is 0.976 bits per heavy atom. The van der Waals surface area contributed by atoms with Crippen molar-refractivity contribution in [3.05, 3.63) is 95.8 Å². The number of aliphatic hydroxyl groups excluding tert-OH is 1. The van der Waals surface area contributed by atoms with Gasteiger partial charge in [0.1, 0.15) is 11.7 Å². The van der Waals surface area contributed by atoms with Gasteiger partial charge < -0.3 is 29.9 Å². The van der Waals surface area contributed by atoms with Crippen LogP contribution in [0, 0.1) is 0 Å². The van der Waals surface area contributed by atoms with E-state index in [2.05, 4.69) is 10.6 Å². The molecule has 1 fully saturated rings. The molecule has 224 valence electrons. The Bertz CT molecular complexity index is 1220. The van der Waals surface area contributed by atoms with Crippen molar-refractivity contribution in [3.8, 4) is 0 Å². The third kappa shape index (κ3) is 8.14. The largest absolute Gasteiger partial charge is 0.475 e. The first-order valence-corrected chi connectivity index (χ1v) is 14.1. The highest BCUT2D eigenvalue weighted by Crippen LogP contribution is 2.30. The second-order valence-electron chi connectivity index (χ2n) is 10.2. The Morgan fingerprint density at radius 2 is 1.60 bits per heavy atom. The van der Waals surface area contributed by atoms with E-state index in [1.54, 1.807) is 18.1 Å². The Balaban J connectivity index is 1.69. The van der Waals surface area contributed by atoms with E-state index < -0.39 is 43.2 Å². The Morgan fingerprint density at radius 3 is 2.17 bits per heavy atom. The number of rotatable bonds is 14. The Labute approximate surface area is 246 Å². The standard InChI is InChI=1S/C30H39BN4O7/c1-41-19-9-15-25(31(39)40)32-28(36)24-14-8-16-35(24)29(37)27(33-30(38)34-17-20-42-21-18-34)26(22-10-4-2-5-11-22)23-12-6-3-7-13-23/h2-8,10-14,16,25-27,30,33,38-40H,9,15,17-21H2,1H3,(H,32,36)/t25-,27+,30-/m0/s1. The number of aromatic nitrogens is 1. The molecule has 0 spiro atoms. The lowest BCUT2D eigenvalue weighted by Crippen LogP contribution is -2.57. The van der Waals surface area contributed by atoms with Gasteiger partial charge in [-0.3, -0.25) is 24.4 Å². The van der Waals surface area contributed by atoms with E-state index in [0.717, 1.165) is 11.1 Å². The van der Waals surface area contributed by atoms with Gasteiger partial charge in [0.25, 0.3) is 5.91 Å². The van der Waals surface area contributed by atoms with E-state index >= 15 is 0 Å². The van der Waals surface area contributed by atoms with Crippen LogP contribution in [0.25, 0.3) is 0 Å². The van der Waals surface area contributed by atoms with Gasteiger partial charge in [0.15, 0.2) is 6.35 Å². The molecule has 0 aliphatic carbocycles. The second kappa shape index (κ2) is 15.8. The number of carbonyl (C=O) groups excluding carboxylic acids is 2. The number of benzene rings is 2. The minimum Gasteiger partial charge on any atom is -0.426 e. The van der Waals surface area contributed by atoms with E-state index in [1.165, 1.54) is 16.8 Å². The van der Waals surface area contributed by atoms with Crippen LogP contribution in [0.1, 0.15) is 45.2 Å². The van der Waals surface area contributed by atoms with Crippen molar-refractivity contribution in [2.75, 3.05) is 40.0 Å². The van der Waals surface area contributed by atoms with Crippen molar-refractivity contribution in [2.24, 2.45) is 0 Å². The average Bonchev–Trinajstić information content (AvgIpc) is 3.52. The van der Waals surface area contributed by atoms with Crippen LogP contribution in [-0.4, -0.2) is 102 Å². The van der Waals surface area contributed by atoms with Crippen molar-refractivity contribution in [1.82, 2.24) is 20.1 Å². The maximum absolute atomic E-state index is 14.4. The number of amides is 1. The predicted octanol–water partition coefficient (Wildman–Crippen LogP) is 1.06. The first-order chi connectivity index (χ1) is 20.4. The normalized spacial score (nSPS) is 16.1. The maximum Gasteiger partial charge on any atom is 0.475 e. The summed E-state index contributed by atoms with van der Waals surface area (Å²) in [5.41, 5.74) is 1.73. The van der Waals surface area contributed by atoms with E-state index in [9.17, 15) is 24.7 Å². The van der Waals surface area contributed by atoms with E-state index in [4.69, 9.17) is 9.47 Å². The van der Waals surface area contributed by atoms with Crippen molar-refractivity contribution in [3.63, 3.8) is 0 Å². The summed E-state index contributed by atoms with van der Waals surface area (Å²) < 4.78 is 11.7. The molecule has 0 radical (unpaired) electrons. The van der Waals surface area contributed by atoms with Gasteiger partial charge >= 0.3 is 7.12 Å². The van der Waals surface area contributed by atoms with Gasteiger partial charge in [0.2, 0.25) is 5.91 Å². The third-order valence-electron chi connectivity index (χ3n) is 7.40. The molecule has 11 nitrogen and oxygen atoms in total. The van der Waals surface area contributed by atoms with Crippen molar-refractivity contribution in [1.29, 1.82) is 0 Å². The molecule has 5 N–H and O–H groups in total. The van der Waals surface area contributed by atoms with Gasteiger partial charge in [-0.25, -0.2) is 0 Å². The second-order valence-corrected chi connectivity index (χ2v) is 10.2. The minimum atomic E-state index is -1.79. The molecule has 0 bridgehead atoms. The lowest BCUT2D eigenvalue weighted by molar-refractivity contribution is -0.0783. The zero-order valence-electron chi connectivity index (χ0n) is 23.7. The number of ether oxygens (including phenoxy) is 2. The van der Waals surface area contributed by atoms with Crippen molar-refractivity contribution >= 4 is 18.9 Å². The van der Waals surface area contributed by atoms with Gasteiger partial charge in [-0.05, 0) is 36.1 Å². The van der Waals surface area contributed by atoms with Gasteiger partial charge in [-0.1, -0.05) is 60.7 Å². The molecule has 3 atom stereocenters. The summed E-state index contributed by atoms with van der Waals surface area (Å²) in [6, 6.07) is 21.2. The predicted molar refractivity (Wildman–Crippen MR) is 158 cm³/mol. The number of nitrogens with zero attached hydrogens (tertiary/aromatic N) is 2. The van der Waals surface area contributed by atoms with Crippen LogP contribution in [0.2, 0.25) is 0 Å². The van der Waals surface area contributed by atoms with Gasteiger partial charge in [0.05, 0.1) is 19.2 Å². The zero-order chi connectivity index (χ0) is 29.9. The molecule has 2 heterocycles. The number of nitrogens with one attached hydrogen (secondary N) is 2. The zero-order valence-corrected chi connectivity index (χ0v) is 23.7.